The van der Waals surface area contributed by atoms with Crippen LogP contribution in [0.4, 0.5) is 17.1 Å². The second-order valence-corrected chi connectivity index (χ2v) is 17.8. The minimum Gasteiger partial charge on any atom is -0.310 e. The minimum atomic E-state index is -0.0848. The first-order valence-corrected chi connectivity index (χ1v) is 20.4. The van der Waals surface area contributed by atoms with E-state index >= 15 is 0 Å². The Labute approximate surface area is 319 Å². The second kappa shape index (κ2) is 11.1. The van der Waals surface area contributed by atoms with Gasteiger partial charge in [0.25, 0.3) is 0 Å². The Balaban J connectivity index is 1.06. The molecule has 7 aromatic rings. The van der Waals surface area contributed by atoms with Gasteiger partial charge in [-0.15, -0.1) is 0 Å². The van der Waals surface area contributed by atoms with Crippen LogP contribution in [-0.2, 0) is 10.8 Å². The van der Waals surface area contributed by atoms with Crippen LogP contribution in [-0.4, -0.2) is 0 Å². The summed E-state index contributed by atoms with van der Waals surface area (Å²) >= 11 is 0. The molecule has 4 bridgehead atoms. The first-order chi connectivity index (χ1) is 26.5. The van der Waals surface area contributed by atoms with Crippen molar-refractivity contribution < 1.29 is 0 Å². The predicted octanol–water partition coefficient (Wildman–Crippen LogP) is 14.0. The standard InChI is InChI=1S/C53H45N/c1-52(2)48-19-7-5-16-45(48)47-18-10-17-43(51(47)52)37-13-9-14-40(31-37)54(41-22-21-35-11-3-4-12-36(35)30-41)42-23-24-46-44-15-6-8-20-49(44)53(50(46)32-42)38-26-33-25-34(28-38)29-39(53)27-33/h3-24,30-34,38-39H,25-29H2,1-2H3. The molecule has 1 heteroatoms. The van der Waals surface area contributed by atoms with Crippen molar-refractivity contribution in [3.05, 3.63) is 174 Å². The van der Waals surface area contributed by atoms with Crippen molar-refractivity contribution >= 4 is 27.8 Å². The summed E-state index contributed by atoms with van der Waals surface area (Å²) in [4.78, 5) is 2.55. The number of benzene rings is 7. The van der Waals surface area contributed by atoms with Crippen molar-refractivity contribution in [2.24, 2.45) is 23.7 Å². The molecule has 0 atom stereocenters. The van der Waals surface area contributed by atoms with E-state index in [1.807, 2.05) is 0 Å². The van der Waals surface area contributed by atoms with E-state index in [9.17, 15) is 0 Å². The van der Waals surface area contributed by atoms with Gasteiger partial charge in [0.05, 0.1) is 0 Å². The van der Waals surface area contributed by atoms with E-state index in [2.05, 4.69) is 170 Å². The van der Waals surface area contributed by atoms with E-state index in [4.69, 9.17) is 0 Å². The predicted molar refractivity (Wildman–Crippen MR) is 225 cm³/mol. The van der Waals surface area contributed by atoms with Crippen molar-refractivity contribution in [1.29, 1.82) is 0 Å². The fourth-order valence-electron chi connectivity index (χ4n) is 12.9. The van der Waals surface area contributed by atoms with Crippen LogP contribution in [0.1, 0.15) is 68.2 Å². The third-order valence-corrected chi connectivity index (χ3v) is 14.8. The molecule has 0 unspecified atom stereocenters. The molecule has 1 spiro atoms. The molecule has 6 aliphatic rings. The molecule has 0 N–H and O–H groups in total. The van der Waals surface area contributed by atoms with E-state index in [1.54, 1.807) is 11.1 Å². The Kier molecular flexibility index (Phi) is 6.36. The molecule has 0 aliphatic heterocycles. The summed E-state index contributed by atoms with van der Waals surface area (Å²) in [7, 11) is 0. The number of fused-ring (bicyclic) bond motifs is 7. The van der Waals surface area contributed by atoms with Gasteiger partial charge in [-0.05, 0) is 159 Å². The summed E-state index contributed by atoms with van der Waals surface area (Å²) in [6.45, 7) is 4.80. The molecule has 0 saturated heterocycles. The lowest BCUT2D eigenvalue weighted by Crippen LogP contribution is -2.55. The Morgan fingerprint density at radius 1 is 0.426 bits per heavy atom. The van der Waals surface area contributed by atoms with Crippen molar-refractivity contribution in [2.45, 2.75) is 56.8 Å². The van der Waals surface area contributed by atoms with Gasteiger partial charge in [0, 0.05) is 27.9 Å². The number of anilines is 3. The van der Waals surface area contributed by atoms with Crippen molar-refractivity contribution in [3.8, 4) is 33.4 Å². The van der Waals surface area contributed by atoms with E-state index in [0.717, 1.165) is 23.7 Å². The molecule has 0 aromatic heterocycles. The van der Waals surface area contributed by atoms with Gasteiger partial charge in [-0.25, -0.2) is 0 Å². The Morgan fingerprint density at radius 2 is 1.00 bits per heavy atom. The van der Waals surface area contributed by atoms with Crippen LogP contribution in [0.15, 0.2) is 152 Å². The second-order valence-electron chi connectivity index (χ2n) is 17.8. The molecule has 0 amide bonds. The zero-order valence-corrected chi connectivity index (χ0v) is 31.2. The van der Waals surface area contributed by atoms with Gasteiger partial charge in [-0.1, -0.05) is 129 Å². The summed E-state index contributed by atoms with van der Waals surface area (Å²) < 4.78 is 0. The molecule has 7 aromatic carbocycles. The molecule has 4 saturated carbocycles. The zero-order valence-electron chi connectivity index (χ0n) is 31.2. The summed E-state index contributed by atoms with van der Waals surface area (Å²) in [5.41, 5.74) is 18.0. The van der Waals surface area contributed by atoms with Crippen LogP contribution in [0.3, 0.4) is 0 Å². The Morgan fingerprint density at radius 3 is 1.80 bits per heavy atom. The molecule has 13 rings (SSSR count). The monoisotopic (exact) mass is 695 g/mol. The summed E-state index contributed by atoms with van der Waals surface area (Å²) in [6, 6.07) is 58.1. The molecule has 6 aliphatic carbocycles. The lowest BCUT2D eigenvalue weighted by atomic mass is 9.43. The molecule has 262 valence electrons. The smallest absolute Gasteiger partial charge is 0.0468 e. The third kappa shape index (κ3) is 4.11. The maximum atomic E-state index is 2.64. The van der Waals surface area contributed by atoms with Crippen LogP contribution in [0.2, 0.25) is 0 Å². The molecule has 0 heterocycles. The average Bonchev–Trinajstić information content (AvgIpc) is 3.62. The summed E-state index contributed by atoms with van der Waals surface area (Å²) in [6.07, 6.45) is 7.04. The molecular weight excluding hydrogens is 651 g/mol. The van der Waals surface area contributed by atoms with Crippen LogP contribution < -0.4 is 4.90 Å². The molecule has 0 radical (unpaired) electrons. The van der Waals surface area contributed by atoms with Crippen molar-refractivity contribution in [3.63, 3.8) is 0 Å². The molecular formula is C53H45N. The summed E-state index contributed by atoms with van der Waals surface area (Å²) in [5, 5.41) is 2.54. The van der Waals surface area contributed by atoms with Gasteiger partial charge in [0.2, 0.25) is 0 Å². The van der Waals surface area contributed by atoms with Crippen LogP contribution in [0, 0.1) is 23.7 Å². The van der Waals surface area contributed by atoms with E-state index in [0.29, 0.717) is 0 Å². The summed E-state index contributed by atoms with van der Waals surface area (Å²) in [5.74, 6) is 3.31. The largest absolute Gasteiger partial charge is 0.310 e. The third-order valence-electron chi connectivity index (χ3n) is 14.8. The topological polar surface area (TPSA) is 3.24 Å². The lowest BCUT2D eigenvalue weighted by Gasteiger charge is -2.61. The average molecular weight is 696 g/mol. The van der Waals surface area contributed by atoms with Gasteiger partial charge in [-0.3, -0.25) is 0 Å². The number of hydrogen-bond acceptors (Lipinski definition) is 1. The van der Waals surface area contributed by atoms with Gasteiger partial charge in [0.15, 0.2) is 0 Å². The highest BCUT2D eigenvalue weighted by Crippen LogP contribution is 2.69. The lowest BCUT2D eigenvalue weighted by molar-refractivity contribution is -0.0399. The maximum absolute atomic E-state index is 2.64. The quantitative estimate of drug-likeness (QED) is 0.177. The zero-order chi connectivity index (χ0) is 35.8. The Hall–Kier alpha value is -5.40. The maximum Gasteiger partial charge on any atom is 0.0468 e. The first-order valence-electron chi connectivity index (χ1n) is 20.4. The van der Waals surface area contributed by atoms with Gasteiger partial charge < -0.3 is 4.90 Å². The van der Waals surface area contributed by atoms with Crippen molar-refractivity contribution in [2.75, 3.05) is 4.90 Å². The fraction of sp³-hybridized carbons (Fsp3) is 0.245. The highest BCUT2D eigenvalue weighted by Gasteiger charge is 2.61. The minimum absolute atomic E-state index is 0.0848. The fourth-order valence-corrected chi connectivity index (χ4v) is 12.9. The number of nitrogens with zero attached hydrogens (tertiary/aromatic N) is 1. The van der Waals surface area contributed by atoms with Gasteiger partial charge in [0.1, 0.15) is 0 Å². The van der Waals surface area contributed by atoms with E-state index in [1.165, 1.54) is 104 Å². The van der Waals surface area contributed by atoms with Crippen molar-refractivity contribution in [1.82, 2.24) is 0 Å². The van der Waals surface area contributed by atoms with Crippen LogP contribution in [0.5, 0.6) is 0 Å². The Bertz CT molecular complexity index is 2650. The highest BCUT2D eigenvalue weighted by molar-refractivity contribution is 5.93. The molecule has 54 heavy (non-hydrogen) atoms. The van der Waals surface area contributed by atoms with Gasteiger partial charge >= 0.3 is 0 Å². The normalized spacial score (nSPS) is 24.7. The van der Waals surface area contributed by atoms with E-state index in [-0.39, 0.29) is 10.8 Å². The van der Waals surface area contributed by atoms with Crippen LogP contribution in [0.25, 0.3) is 44.2 Å². The molecule has 1 nitrogen and oxygen atoms in total. The van der Waals surface area contributed by atoms with E-state index < -0.39 is 0 Å². The first kappa shape index (κ1) is 31.0. The molecule has 4 fully saturated rings. The highest BCUT2D eigenvalue weighted by atomic mass is 15.1. The van der Waals surface area contributed by atoms with Gasteiger partial charge in [-0.2, -0.15) is 0 Å². The van der Waals surface area contributed by atoms with Crippen LogP contribution >= 0.6 is 0 Å². The SMILES string of the molecule is CC1(C)c2ccccc2-c2cccc(-c3cccc(N(c4ccc5c(c4)C4(c6ccccc6-5)C5CC6CC(C5)CC4C6)c4ccc5ccccc5c4)c3)c21. The number of rotatable bonds is 4. The number of hydrogen-bond donors (Lipinski definition) is 0.